The van der Waals surface area contributed by atoms with Crippen LogP contribution in [0.25, 0.3) is 0 Å². The predicted octanol–water partition coefficient (Wildman–Crippen LogP) is 3.38. The fraction of sp³-hybridized carbons (Fsp3) is 0.250. The van der Waals surface area contributed by atoms with Gasteiger partial charge in [0.05, 0.1) is 3.79 Å². The van der Waals surface area contributed by atoms with E-state index in [1.807, 2.05) is 13.0 Å². The van der Waals surface area contributed by atoms with Gasteiger partial charge in [0.2, 0.25) is 0 Å². The van der Waals surface area contributed by atoms with Crippen molar-refractivity contribution in [3.63, 3.8) is 0 Å². The van der Waals surface area contributed by atoms with Crippen LogP contribution < -0.4 is 5.32 Å². The molecule has 0 aliphatic rings. The molecule has 0 radical (unpaired) electrons. The Morgan fingerprint density at radius 1 is 1.41 bits per heavy atom. The van der Waals surface area contributed by atoms with Crippen molar-refractivity contribution >= 4 is 33.2 Å². The van der Waals surface area contributed by atoms with Crippen molar-refractivity contribution in [2.75, 3.05) is 6.54 Å². The molecule has 1 amide bonds. The molecule has 2 aromatic rings. The number of nitrogens with one attached hydrogen (secondary N) is 1. The molecule has 5 heteroatoms. The van der Waals surface area contributed by atoms with Crippen molar-refractivity contribution in [2.45, 2.75) is 13.3 Å². The van der Waals surface area contributed by atoms with Crippen LogP contribution in [0.15, 0.2) is 32.5 Å². The number of thiophene rings is 1. The first kappa shape index (κ1) is 12.4. The second kappa shape index (κ2) is 5.51. The number of aryl methyl sites for hydroxylation is 1. The topological polar surface area (TPSA) is 42.2 Å². The zero-order chi connectivity index (χ0) is 12.3. The van der Waals surface area contributed by atoms with Gasteiger partial charge >= 0.3 is 0 Å². The lowest BCUT2D eigenvalue weighted by molar-refractivity contribution is 0.0925. The number of hydrogen-bond donors (Lipinski definition) is 1. The van der Waals surface area contributed by atoms with Crippen molar-refractivity contribution in [1.82, 2.24) is 5.32 Å². The average Bonchev–Trinajstić information content (AvgIpc) is 2.88. The lowest BCUT2D eigenvalue weighted by Crippen LogP contribution is -2.25. The van der Waals surface area contributed by atoms with Gasteiger partial charge in [-0.15, -0.1) is 11.3 Å². The third-order valence-electron chi connectivity index (χ3n) is 2.25. The Morgan fingerprint density at radius 2 is 2.24 bits per heavy atom. The summed E-state index contributed by atoms with van der Waals surface area (Å²) in [5.74, 6) is 0.959. The normalized spacial score (nSPS) is 10.5. The smallest absolute Gasteiger partial charge is 0.287 e. The second-order valence-electron chi connectivity index (χ2n) is 3.62. The van der Waals surface area contributed by atoms with Crippen LogP contribution in [0.1, 0.15) is 21.2 Å². The van der Waals surface area contributed by atoms with E-state index in [-0.39, 0.29) is 5.91 Å². The van der Waals surface area contributed by atoms with Crippen molar-refractivity contribution in [3.8, 4) is 0 Å². The fourth-order valence-electron chi connectivity index (χ4n) is 1.43. The highest BCUT2D eigenvalue weighted by atomic mass is 79.9. The molecule has 2 aromatic heterocycles. The van der Waals surface area contributed by atoms with Crippen LogP contribution in [-0.4, -0.2) is 12.5 Å². The van der Waals surface area contributed by atoms with E-state index in [2.05, 4.69) is 27.3 Å². The molecule has 90 valence electrons. The molecular formula is C12H12BrNO2S. The van der Waals surface area contributed by atoms with E-state index in [1.165, 1.54) is 4.88 Å². The van der Waals surface area contributed by atoms with E-state index in [0.29, 0.717) is 12.3 Å². The minimum absolute atomic E-state index is 0.159. The minimum atomic E-state index is -0.159. The van der Waals surface area contributed by atoms with Crippen LogP contribution in [0.3, 0.4) is 0 Å². The van der Waals surface area contributed by atoms with Gasteiger partial charge in [-0.25, -0.2) is 0 Å². The molecule has 0 unspecified atom stereocenters. The fourth-order valence-corrected chi connectivity index (χ4v) is 2.91. The summed E-state index contributed by atoms with van der Waals surface area (Å²) in [6.45, 7) is 2.44. The summed E-state index contributed by atoms with van der Waals surface area (Å²) in [6.07, 6.45) is 0.835. The zero-order valence-electron chi connectivity index (χ0n) is 9.33. The van der Waals surface area contributed by atoms with E-state index in [4.69, 9.17) is 4.42 Å². The summed E-state index contributed by atoms with van der Waals surface area (Å²) in [5.41, 5.74) is 0. The average molecular weight is 314 g/mol. The van der Waals surface area contributed by atoms with E-state index in [1.54, 1.807) is 23.5 Å². The third kappa shape index (κ3) is 3.44. The van der Waals surface area contributed by atoms with Gasteiger partial charge in [0.15, 0.2) is 5.76 Å². The molecule has 2 rings (SSSR count). The number of carbonyl (C=O) groups is 1. The molecule has 0 saturated carbocycles. The molecule has 0 aliphatic carbocycles. The molecule has 0 spiro atoms. The maximum Gasteiger partial charge on any atom is 0.287 e. The largest absolute Gasteiger partial charge is 0.456 e. The van der Waals surface area contributed by atoms with Crippen molar-refractivity contribution < 1.29 is 9.21 Å². The Balaban J connectivity index is 1.81. The summed E-state index contributed by atoms with van der Waals surface area (Å²) in [4.78, 5) is 12.9. The van der Waals surface area contributed by atoms with Gasteiger partial charge in [0.1, 0.15) is 5.76 Å². The Labute approximate surface area is 112 Å². The summed E-state index contributed by atoms with van der Waals surface area (Å²) < 4.78 is 6.35. The molecule has 0 atom stereocenters. The van der Waals surface area contributed by atoms with E-state index in [0.717, 1.165) is 16.0 Å². The Hall–Kier alpha value is -1.07. The van der Waals surface area contributed by atoms with Gasteiger partial charge in [0.25, 0.3) is 5.91 Å². The van der Waals surface area contributed by atoms with Crippen molar-refractivity contribution in [3.05, 3.63) is 44.4 Å². The van der Waals surface area contributed by atoms with Crippen LogP contribution in [0.2, 0.25) is 0 Å². The summed E-state index contributed by atoms with van der Waals surface area (Å²) >= 11 is 5.09. The molecule has 1 N–H and O–H groups in total. The molecule has 17 heavy (non-hydrogen) atoms. The van der Waals surface area contributed by atoms with E-state index < -0.39 is 0 Å². The first-order valence-electron chi connectivity index (χ1n) is 5.24. The molecule has 0 aliphatic heterocycles. The van der Waals surface area contributed by atoms with Crippen LogP contribution in [0.5, 0.6) is 0 Å². The zero-order valence-corrected chi connectivity index (χ0v) is 11.7. The number of furan rings is 1. The molecular weight excluding hydrogens is 302 g/mol. The third-order valence-corrected chi connectivity index (χ3v) is 3.93. The molecule has 2 heterocycles. The quantitative estimate of drug-likeness (QED) is 0.940. The predicted molar refractivity (Wildman–Crippen MR) is 71.5 cm³/mol. The maximum atomic E-state index is 11.6. The molecule has 3 nitrogen and oxygen atoms in total. The minimum Gasteiger partial charge on any atom is -0.456 e. The first-order chi connectivity index (χ1) is 8.15. The second-order valence-corrected chi connectivity index (χ2v) is 6.17. The van der Waals surface area contributed by atoms with Crippen LogP contribution in [0.4, 0.5) is 0 Å². The lowest BCUT2D eigenvalue weighted by atomic mass is 10.3. The number of amides is 1. The van der Waals surface area contributed by atoms with Crippen LogP contribution in [-0.2, 0) is 6.42 Å². The maximum absolute atomic E-state index is 11.6. The van der Waals surface area contributed by atoms with Gasteiger partial charge in [-0.2, -0.15) is 0 Å². The molecule has 0 aromatic carbocycles. The number of rotatable bonds is 4. The monoisotopic (exact) mass is 313 g/mol. The highest BCUT2D eigenvalue weighted by Gasteiger charge is 2.08. The van der Waals surface area contributed by atoms with Gasteiger partial charge in [0, 0.05) is 11.4 Å². The lowest BCUT2D eigenvalue weighted by Gasteiger charge is -2.01. The van der Waals surface area contributed by atoms with Crippen LogP contribution in [0, 0.1) is 6.92 Å². The highest BCUT2D eigenvalue weighted by molar-refractivity contribution is 9.11. The van der Waals surface area contributed by atoms with Crippen LogP contribution >= 0.6 is 27.3 Å². The summed E-state index contributed by atoms with van der Waals surface area (Å²) in [7, 11) is 0. The van der Waals surface area contributed by atoms with Crippen molar-refractivity contribution in [2.24, 2.45) is 0 Å². The Kier molecular flexibility index (Phi) is 4.02. The van der Waals surface area contributed by atoms with Gasteiger partial charge in [-0.1, -0.05) is 0 Å². The van der Waals surface area contributed by atoms with Gasteiger partial charge in [-0.3, -0.25) is 4.79 Å². The SMILES string of the molecule is Cc1ccc(C(=O)NCCc2ccc(Br)s2)o1. The number of carbonyl (C=O) groups excluding carboxylic acids is 1. The van der Waals surface area contributed by atoms with Crippen molar-refractivity contribution in [1.29, 1.82) is 0 Å². The Bertz CT molecular complexity index is 518. The van der Waals surface area contributed by atoms with Gasteiger partial charge in [-0.05, 0) is 53.5 Å². The molecule has 0 bridgehead atoms. The molecule has 0 saturated heterocycles. The number of halogens is 1. The van der Waals surface area contributed by atoms with E-state index >= 15 is 0 Å². The Morgan fingerprint density at radius 3 is 2.82 bits per heavy atom. The van der Waals surface area contributed by atoms with Gasteiger partial charge < -0.3 is 9.73 Å². The van der Waals surface area contributed by atoms with E-state index in [9.17, 15) is 4.79 Å². The highest BCUT2D eigenvalue weighted by Crippen LogP contribution is 2.22. The summed E-state index contributed by atoms with van der Waals surface area (Å²) in [6, 6.07) is 7.54. The molecule has 0 fully saturated rings. The first-order valence-corrected chi connectivity index (χ1v) is 6.85. The standard InChI is InChI=1S/C12H12BrNO2S/c1-8-2-4-10(16-8)12(15)14-7-6-9-3-5-11(13)17-9/h2-5H,6-7H2,1H3,(H,14,15). The summed E-state index contributed by atoms with van der Waals surface area (Å²) in [5, 5.41) is 2.83. The number of hydrogen-bond acceptors (Lipinski definition) is 3.